The van der Waals surface area contributed by atoms with Crippen LogP contribution in [-0.4, -0.2) is 10.6 Å². The molecule has 1 N–H and O–H groups in total. The number of hydrogen-bond donors (Lipinski definition) is 1. The van der Waals surface area contributed by atoms with Gasteiger partial charge in [0.15, 0.2) is 0 Å². The summed E-state index contributed by atoms with van der Waals surface area (Å²) in [6.45, 7) is 6.22. The first-order chi connectivity index (χ1) is 10.6. The van der Waals surface area contributed by atoms with Gasteiger partial charge in [0.05, 0.1) is 5.56 Å². The van der Waals surface area contributed by atoms with E-state index in [2.05, 4.69) is 10.3 Å². The lowest BCUT2D eigenvalue weighted by Crippen LogP contribution is -2.23. The Morgan fingerprint density at radius 3 is 2.26 bits per heavy atom. The lowest BCUT2D eigenvalue weighted by atomic mass is 10.1. The highest BCUT2D eigenvalue weighted by molar-refractivity contribution is 5.41. The lowest BCUT2D eigenvalue weighted by Gasteiger charge is -2.21. The van der Waals surface area contributed by atoms with Gasteiger partial charge in [0.2, 0.25) is 0 Å². The summed E-state index contributed by atoms with van der Waals surface area (Å²) in [6.07, 6.45) is -2.69. The molecule has 1 aromatic carbocycles. The summed E-state index contributed by atoms with van der Waals surface area (Å²) in [5, 5.41) is 3.07. The van der Waals surface area contributed by atoms with Gasteiger partial charge in [-0.3, -0.25) is 0 Å². The molecule has 0 saturated carbocycles. The fraction of sp³-hybridized carbons (Fsp3) is 0.353. The Kier molecular flexibility index (Phi) is 4.82. The number of benzene rings is 1. The number of ether oxygens (including phenoxy) is 1. The van der Waals surface area contributed by atoms with Crippen molar-refractivity contribution in [3.63, 3.8) is 0 Å². The van der Waals surface area contributed by atoms with E-state index in [0.717, 1.165) is 17.7 Å². The van der Waals surface area contributed by atoms with Crippen molar-refractivity contribution in [2.24, 2.45) is 0 Å². The van der Waals surface area contributed by atoms with Crippen molar-refractivity contribution in [1.82, 2.24) is 4.98 Å². The fourth-order valence-electron chi connectivity index (χ4n) is 1.93. The number of nitrogens with one attached hydrogen (secondary N) is 1. The van der Waals surface area contributed by atoms with Crippen LogP contribution in [0.15, 0.2) is 42.6 Å². The third-order valence-corrected chi connectivity index (χ3v) is 2.91. The highest BCUT2D eigenvalue weighted by Gasteiger charge is 2.29. The molecule has 0 atom stereocenters. The molecule has 0 fully saturated rings. The number of halogens is 3. The van der Waals surface area contributed by atoms with Gasteiger partial charge in [0.1, 0.15) is 17.2 Å². The van der Waals surface area contributed by atoms with Gasteiger partial charge in [0, 0.05) is 18.8 Å². The van der Waals surface area contributed by atoms with E-state index in [1.807, 2.05) is 20.8 Å². The summed E-state index contributed by atoms with van der Waals surface area (Å²) >= 11 is 0. The normalized spacial score (nSPS) is 12.1. The highest BCUT2D eigenvalue weighted by Crippen LogP contribution is 2.29. The maximum Gasteiger partial charge on any atom is 0.416 e. The third kappa shape index (κ3) is 5.47. The molecule has 0 aliphatic heterocycles. The van der Waals surface area contributed by atoms with Gasteiger partial charge >= 0.3 is 6.18 Å². The third-order valence-electron chi connectivity index (χ3n) is 2.91. The minimum atomic E-state index is -4.31. The Morgan fingerprint density at radius 2 is 1.70 bits per heavy atom. The van der Waals surface area contributed by atoms with E-state index in [-0.39, 0.29) is 5.60 Å². The molecule has 1 heterocycles. The van der Waals surface area contributed by atoms with Crippen LogP contribution >= 0.6 is 0 Å². The molecule has 124 valence electrons. The van der Waals surface area contributed by atoms with E-state index >= 15 is 0 Å². The molecule has 2 rings (SSSR count). The number of hydrogen-bond acceptors (Lipinski definition) is 3. The Hall–Kier alpha value is -2.24. The maximum atomic E-state index is 12.5. The summed E-state index contributed by atoms with van der Waals surface area (Å²) in [5.41, 5.74) is -0.228. The van der Waals surface area contributed by atoms with Gasteiger partial charge in [-0.15, -0.1) is 0 Å². The lowest BCUT2D eigenvalue weighted by molar-refractivity contribution is -0.137. The number of pyridine rings is 1. The monoisotopic (exact) mass is 324 g/mol. The Morgan fingerprint density at radius 1 is 1.04 bits per heavy atom. The molecule has 3 nitrogen and oxygen atoms in total. The summed E-state index contributed by atoms with van der Waals surface area (Å²) in [6, 6.07) is 8.56. The first-order valence-electron chi connectivity index (χ1n) is 7.18. The van der Waals surface area contributed by atoms with E-state index < -0.39 is 11.7 Å². The molecule has 23 heavy (non-hydrogen) atoms. The van der Waals surface area contributed by atoms with Crippen LogP contribution in [0, 0.1) is 0 Å². The SMILES string of the molecule is CC(C)(C)Oc1ccnc(NCc2ccc(C(F)(F)F)cc2)c1. The predicted octanol–water partition coefficient (Wildman–Crippen LogP) is 4.89. The molecule has 0 amide bonds. The molecule has 0 saturated heterocycles. The Labute approximate surface area is 133 Å². The molecule has 0 bridgehead atoms. The van der Waals surface area contributed by atoms with E-state index in [0.29, 0.717) is 18.1 Å². The summed E-state index contributed by atoms with van der Waals surface area (Å²) in [4.78, 5) is 4.17. The van der Waals surface area contributed by atoms with Crippen molar-refractivity contribution in [2.45, 2.75) is 39.1 Å². The molecular formula is C17H19F3N2O. The van der Waals surface area contributed by atoms with Crippen molar-refractivity contribution >= 4 is 5.82 Å². The van der Waals surface area contributed by atoms with E-state index in [1.165, 1.54) is 12.1 Å². The first kappa shape index (κ1) is 17.1. The van der Waals surface area contributed by atoms with Gasteiger partial charge in [-0.05, 0) is 44.5 Å². The molecule has 0 aliphatic rings. The molecular weight excluding hydrogens is 305 g/mol. The van der Waals surface area contributed by atoms with Crippen molar-refractivity contribution in [3.8, 4) is 5.75 Å². The van der Waals surface area contributed by atoms with E-state index in [4.69, 9.17) is 4.74 Å². The van der Waals surface area contributed by atoms with Crippen LogP contribution in [0.25, 0.3) is 0 Å². The second kappa shape index (κ2) is 6.48. The van der Waals surface area contributed by atoms with Crippen LogP contribution in [0.3, 0.4) is 0 Å². The number of anilines is 1. The zero-order valence-electron chi connectivity index (χ0n) is 13.2. The second-order valence-corrected chi connectivity index (χ2v) is 6.14. The number of rotatable bonds is 4. The maximum absolute atomic E-state index is 12.5. The van der Waals surface area contributed by atoms with Crippen molar-refractivity contribution in [3.05, 3.63) is 53.7 Å². The number of aromatic nitrogens is 1. The van der Waals surface area contributed by atoms with Gasteiger partial charge in [-0.25, -0.2) is 4.98 Å². The van der Waals surface area contributed by atoms with E-state index in [9.17, 15) is 13.2 Å². The quantitative estimate of drug-likeness (QED) is 0.869. The van der Waals surface area contributed by atoms with Gasteiger partial charge in [-0.2, -0.15) is 13.2 Å². The average molecular weight is 324 g/mol. The fourth-order valence-corrected chi connectivity index (χ4v) is 1.93. The predicted molar refractivity (Wildman–Crippen MR) is 83.4 cm³/mol. The topological polar surface area (TPSA) is 34.1 Å². The molecule has 0 unspecified atom stereocenters. The standard InChI is InChI=1S/C17H19F3N2O/c1-16(2,3)23-14-8-9-21-15(10-14)22-11-12-4-6-13(7-5-12)17(18,19)20/h4-10H,11H2,1-3H3,(H,21,22). The van der Waals surface area contributed by atoms with Crippen LogP contribution < -0.4 is 10.1 Å². The molecule has 0 spiro atoms. The van der Waals surface area contributed by atoms with Gasteiger partial charge in [-0.1, -0.05) is 12.1 Å². The Bertz CT molecular complexity index is 646. The zero-order chi connectivity index (χ0) is 17.1. The Balaban J connectivity index is 1.99. The molecule has 0 radical (unpaired) electrons. The minimum Gasteiger partial charge on any atom is -0.488 e. The smallest absolute Gasteiger partial charge is 0.416 e. The van der Waals surface area contributed by atoms with Gasteiger partial charge in [0.25, 0.3) is 0 Å². The molecule has 1 aromatic heterocycles. The van der Waals surface area contributed by atoms with Crippen molar-refractivity contribution < 1.29 is 17.9 Å². The molecule has 2 aromatic rings. The van der Waals surface area contributed by atoms with Crippen molar-refractivity contribution in [2.75, 3.05) is 5.32 Å². The average Bonchev–Trinajstić information content (AvgIpc) is 2.43. The summed E-state index contributed by atoms with van der Waals surface area (Å²) < 4.78 is 43.3. The molecule has 0 aliphatic carbocycles. The highest BCUT2D eigenvalue weighted by atomic mass is 19.4. The first-order valence-corrected chi connectivity index (χ1v) is 7.18. The van der Waals surface area contributed by atoms with Crippen LogP contribution in [0.4, 0.5) is 19.0 Å². The van der Waals surface area contributed by atoms with Crippen molar-refractivity contribution in [1.29, 1.82) is 0 Å². The minimum absolute atomic E-state index is 0.313. The number of alkyl halides is 3. The second-order valence-electron chi connectivity index (χ2n) is 6.14. The summed E-state index contributed by atoms with van der Waals surface area (Å²) in [5.74, 6) is 1.29. The largest absolute Gasteiger partial charge is 0.488 e. The molecule has 6 heteroatoms. The summed E-state index contributed by atoms with van der Waals surface area (Å²) in [7, 11) is 0. The van der Waals surface area contributed by atoms with E-state index in [1.54, 1.807) is 18.3 Å². The van der Waals surface area contributed by atoms with Crippen LogP contribution in [0.5, 0.6) is 5.75 Å². The zero-order valence-corrected chi connectivity index (χ0v) is 13.2. The van der Waals surface area contributed by atoms with Crippen LogP contribution in [0.2, 0.25) is 0 Å². The van der Waals surface area contributed by atoms with Crippen LogP contribution in [0.1, 0.15) is 31.9 Å². The number of nitrogens with zero attached hydrogens (tertiary/aromatic N) is 1. The van der Waals surface area contributed by atoms with Gasteiger partial charge < -0.3 is 10.1 Å². The van der Waals surface area contributed by atoms with Crippen LogP contribution in [-0.2, 0) is 12.7 Å².